The lowest BCUT2D eigenvalue weighted by atomic mass is 9.82. The van der Waals surface area contributed by atoms with Crippen LogP contribution >= 0.6 is 0 Å². The van der Waals surface area contributed by atoms with E-state index in [0.717, 1.165) is 62.3 Å². The standard InChI is InChI=1S/C55H58N6O7Si/c1-34-53(69(3,4)42-22-20-41(67-2)21-23-42)49(29-52(65)60-25-9-10-40(60)33-62)68-55(34)45-28-39(59-51(64)27-37-31-57-47-14-8-6-12-44(37)47)19-24-48(45)61(54(55)66)32-35-15-17-38(18-16-35)58-50(63)26-36-30-56-46-13-7-5-11-43(36)46/h5-8,11-24,28,30-31,34,40,49,53,56-57,62H,9-10,25-27,29,32-33H2,1-4H3,(H,58,63)(H,59,64)/t34-,40+,49+,53-,55+/m1/s1. The van der Waals surface area contributed by atoms with Gasteiger partial charge in [0.1, 0.15) is 5.75 Å². The number of rotatable bonds is 14. The molecule has 0 aliphatic carbocycles. The van der Waals surface area contributed by atoms with Crippen molar-refractivity contribution >= 4 is 75.8 Å². The Morgan fingerprint density at radius 2 is 1.43 bits per heavy atom. The molecule has 5 atom stereocenters. The number of carbonyl (C=O) groups is 4. The topological polar surface area (TPSA) is 169 Å². The Bertz CT molecular complexity index is 3070. The number of nitrogens with zero attached hydrogens (tertiary/aromatic N) is 2. The number of aromatic nitrogens is 2. The third-order valence-electron chi connectivity index (χ3n) is 15.0. The van der Waals surface area contributed by atoms with Gasteiger partial charge in [-0.05, 0) is 89.7 Å². The Labute approximate surface area is 402 Å². The number of likely N-dealkylation sites (tertiary alicyclic amines) is 1. The molecule has 1 spiro atoms. The molecular weight excluding hydrogens is 885 g/mol. The minimum absolute atomic E-state index is 0.0526. The number of nitrogens with one attached hydrogen (secondary N) is 4. The number of aliphatic hydroxyl groups is 1. The molecule has 0 unspecified atom stereocenters. The number of amides is 4. The van der Waals surface area contributed by atoms with E-state index >= 15 is 4.79 Å². The number of para-hydroxylation sites is 2. The van der Waals surface area contributed by atoms with Crippen molar-refractivity contribution in [2.24, 2.45) is 5.92 Å². The van der Waals surface area contributed by atoms with Crippen molar-refractivity contribution < 1.29 is 33.8 Å². The maximum absolute atomic E-state index is 15.7. The fraction of sp³-hybridized carbons (Fsp3) is 0.309. The first kappa shape index (κ1) is 45.8. The average molecular weight is 943 g/mol. The summed E-state index contributed by atoms with van der Waals surface area (Å²) in [6.07, 6.45) is 5.04. The number of carbonyl (C=O) groups excluding carboxylic acids is 4. The van der Waals surface area contributed by atoms with Crippen LogP contribution in [0.5, 0.6) is 5.75 Å². The van der Waals surface area contributed by atoms with Gasteiger partial charge < -0.3 is 45.0 Å². The van der Waals surface area contributed by atoms with Gasteiger partial charge in [-0.1, -0.05) is 85.9 Å². The van der Waals surface area contributed by atoms with E-state index in [-0.39, 0.29) is 67.6 Å². The Balaban J connectivity index is 0.983. The fourth-order valence-corrected chi connectivity index (χ4v) is 15.6. The highest BCUT2D eigenvalue weighted by Crippen LogP contribution is 2.60. The van der Waals surface area contributed by atoms with Crippen LogP contribution in [0, 0.1) is 5.92 Å². The predicted molar refractivity (Wildman–Crippen MR) is 271 cm³/mol. The van der Waals surface area contributed by atoms with Crippen LogP contribution in [0.25, 0.3) is 21.8 Å². The van der Waals surface area contributed by atoms with Crippen LogP contribution in [0.2, 0.25) is 18.6 Å². The quantitative estimate of drug-likeness (QED) is 0.0686. The van der Waals surface area contributed by atoms with Crippen LogP contribution in [0.4, 0.5) is 17.1 Å². The number of aliphatic hydroxyl groups excluding tert-OH is 1. The third kappa shape index (κ3) is 8.40. The average Bonchev–Trinajstić information content (AvgIpc) is 4.19. The molecule has 354 valence electrons. The van der Waals surface area contributed by atoms with Gasteiger partial charge in [0.25, 0.3) is 5.91 Å². The lowest BCUT2D eigenvalue weighted by Gasteiger charge is -2.37. The van der Waals surface area contributed by atoms with Crippen molar-refractivity contribution in [3.63, 3.8) is 0 Å². The van der Waals surface area contributed by atoms with Crippen molar-refractivity contribution in [3.05, 3.63) is 150 Å². The monoisotopic (exact) mass is 942 g/mol. The summed E-state index contributed by atoms with van der Waals surface area (Å²) in [5, 5.41) is 19.5. The second-order valence-electron chi connectivity index (χ2n) is 19.4. The summed E-state index contributed by atoms with van der Waals surface area (Å²) < 4.78 is 12.9. The van der Waals surface area contributed by atoms with Crippen LogP contribution < -0.4 is 25.5 Å². The van der Waals surface area contributed by atoms with Gasteiger partial charge in [-0.25, -0.2) is 0 Å². The van der Waals surface area contributed by atoms with Gasteiger partial charge in [0.05, 0.1) is 65.4 Å². The number of aromatic amines is 2. The smallest absolute Gasteiger partial charge is 0.264 e. The maximum atomic E-state index is 15.7. The molecular formula is C55H58N6O7Si. The molecule has 0 radical (unpaired) electrons. The van der Waals surface area contributed by atoms with E-state index in [1.54, 1.807) is 16.9 Å². The molecule has 2 aromatic heterocycles. The van der Waals surface area contributed by atoms with E-state index in [1.807, 2.05) is 116 Å². The number of fused-ring (bicyclic) bond motifs is 4. The first-order valence-electron chi connectivity index (χ1n) is 23.9. The van der Waals surface area contributed by atoms with Gasteiger partial charge >= 0.3 is 0 Å². The number of hydrogen-bond acceptors (Lipinski definition) is 7. The van der Waals surface area contributed by atoms with Crippen LogP contribution in [-0.2, 0) is 48.9 Å². The molecule has 5 heterocycles. The Morgan fingerprint density at radius 3 is 2.06 bits per heavy atom. The molecule has 0 saturated carbocycles. The van der Waals surface area contributed by atoms with Crippen molar-refractivity contribution in [1.82, 2.24) is 14.9 Å². The highest BCUT2D eigenvalue weighted by atomic mass is 28.3. The largest absolute Gasteiger partial charge is 0.497 e. The van der Waals surface area contributed by atoms with Gasteiger partial charge in [0.2, 0.25) is 17.7 Å². The molecule has 69 heavy (non-hydrogen) atoms. The molecule has 3 aliphatic heterocycles. The summed E-state index contributed by atoms with van der Waals surface area (Å²) >= 11 is 0. The minimum Gasteiger partial charge on any atom is -0.497 e. The molecule has 5 aromatic carbocycles. The van der Waals surface area contributed by atoms with E-state index in [2.05, 4.69) is 52.8 Å². The SMILES string of the molecule is COc1ccc([Si](C)(C)[C@H]2[C@H](CC(=O)N3CCC[C@H]3CO)O[C@@]3(C(=O)N(Cc4ccc(NC(=O)Cc5c[nH]c6ccccc56)cc4)c4ccc(NC(=O)Cc5c[nH]c6ccccc56)cc43)[C@@H]2C)cc1. The zero-order valence-electron chi connectivity index (χ0n) is 39.4. The summed E-state index contributed by atoms with van der Waals surface area (Å²) in [7, 11) is -0.974. The highest BCUT2D eigenvalue weighted by Gasteiger charge is 2.66. The van der Waals surface area contributed by atoms with Crippen molar-refractivity contribution in [2.75, 3.05) is 35.8 Å². The highest BCUT2D eigenvalue weighted by molar-refractivity contribution is 6.91. The molecule has 2 fully saturated rings. The van der Waals surface area contributed by atoms with E-state index in [0.29, 0.717) is 29.2 Å². The number of H-pyrrole nitrogens is 2. The molecule has 0 bridgehead atoms. The molecule has 2 saturated heterocycles. The zero-order valence-corrected chi connectivity index (χ0v) is 40.4. The molecule has 4 amide bonds. The molecule has 13 nitrogen and oxygen atoms in total. The number of methoxy groups -OCH3 is 1. The zero-order chi connectivity index (χ0) is 48.0. The van der Waals surface area contributed by atoms with Gasteiger partial charge in [0, 0.05) is 63.6 Å². The summed E-state index contributed by atoms with van der Waals surface area (Å²) in [6.45, 7) is 7.30. The van der Waals surface area contributed by atoms with Crippen molar-refractivity contribution in [2.45, 2.75) is 82.0 Å². The van der Waals surface area contributed by atoms with E-state index < -0.39 is 25.7 Å². The van der Waals surface area contributed by atoms with Crippen LogP contribution in [0.3, 0.4) is 0 Å². The predicted octanol–water partition coefficient (Wildman–Crippen LogP) is 8.16. The number of benzene rings is 5. The first-order valence-corrected chi connectivity index (χ1v) is 26.9. The van der Waals surface area contributed by atoms with Crippen molar-refractivity contribution in [3.8, 4) is 5.75 Å². The van der Waals surface area contributed by atoms with E-state index in [1.165, 1.54) is 0 Å². The summed E-state index contributed by atoms with van der Waals surface area (Å²) in [5.74, 6) is -0.355. The number of hydrogen-bond donors (Lipinski definition) is 5. The second-order valence-corrected chi connectivity index (χ2v) is 24.1. The van der Waals surface area contributed by atoms with E-state index in [9.17, 15) is 19.5 Å². The van der Waals surface area contributed by atoms with Gasteiger partial charge in [0.15, 0.2) is 5.60 Å². The maximum Gasteiger partial charge on any atom is 0.264 e. The Morgan fingerprint density at radius 1 is 0.826 bits per heavy atom. The lowest BCUT2D eigenvalue weighted by Crippen LogP contribution is -2.52. The molecule has 10 rings (SSSR count). The molecule has 5 N–H and O–H groups in total. The number of ether oxygens (including phenoxy) is 2. The Kier molecular flexibility index (Phi) is 12.3. The molecule has 14 heteroatoms. The Hall–Kier alpha value is -7.00. The molecule has 7 aromatic rings. The normalized spacial score (nSPS) is 21.1. The van der Waals surface area contributed by atoms with Crippen LogP contribution in [0.15, 0.2) is 128 Å². The first-order chi connectivity index (χ1) is 33.4. The third-order valence-corrected chi connectivity index (χ3v) is 19.4. The van der Waals surface area contributed by atoms with Crippen LogP contribution in [-0.4, -0.2) is 84.1 Å². The van der Waals surface area contributed by atoms with Gasteiger partial charge in [-0.15, -0.1) is 0 Å². The van der Waals surface area contributed by atoms with Gasteiger partial charge in [-0.2, -0.15) is 0 Å². The second kappa shape index (κ2) is 18.5. The van der Waals surface area contributed by atoms with Gasteiger partial charge in [-0.3, -0.25) is 19.2 Å². The van der Waals surface area contributed by atoms with E-state index in [4.69, 9.17) is 9.47 Å². The lowest BCUT2D eigenvalue weighted by molar-refractivity contribution is -0.150. The summed E-state index contributed by atoms with van der Waals surface area (Å²) in [6, 6.07) is 36.7. The molecule has 3 aliphatic rings. The number of anilines is 3. The fourth-order valence-electron chi connectivity index (χ4n) is 11.6. The summed E-state index contributed by atoms with van der Waals surface area (Å²) in [5.41, 5.74) is 5.29. The summed E-state index contributed by atoms with van der Waals surface area (Å²) in [4.78, 5) is 67.2. The van der Waals surface area contributed by atoms with Crippen LogP contribution in [0.1, 0.15) is 48.4 Å². The van der Waals surface area contributed by atoms with Crippen molar-refractivity contribution in [1.29, 1.82) is 0 Å². The minimum atomic E-state index is -2.61.